The van der Waals surface area contributed by atoms with Crippen molar-refractivity contribution in [2.45, 2.75) is 52.0 Å². The molecule has 0 radical (unpaired) electrons. The van der Waals surface area contributed by atoms with Crippen LogP contribution in [0.3, 0.4) is 0 Å². The molecule has 2 aliphatic rings. The standard InChI is InChI=1S/C28H32N2O3/c1-19-6-12-23(13-7-19)28-27-24-5-3-2-4-22(24)14-15-25(27)30(29-28)16-20-8-10-21(11-9-20)17-33-18-26(31)32/h2-7,12-13,20-21H,8-11,14-18H2,1H3,(H,31,32)/t20-,21-. The summed E-state index contributed by atoms with van der Waals surface area (Å²) >= 11 is 0. The largest absolute Gasteiger partial charge is 0.480 e. The van der Waals surface area contributed by atoms with Crippen LogP contribution in [0, 0.1) is 18.8 Å². The average molecular weight is 445 g/mol. The first-order chi connectivity index (χ1) is 16.1. The van der Waals surface area contributed by atoms with Gasteiger partial charge in [0.25, 0.3) is 0 Å². The van der Waals surface area contributed by atoms with Crippen LogP contribution >= 0.6 is 0 Å². The molecule has 1 heterocycles. The van der Waals surface area contributed by atoms with Crippen molar-refractivity contribution < 1.29 is 14.6 Å². The number of hydrogen-bond acceptors (Lipinski definition) is 3. The molecule has 2 aromatic carbocycles. The van der Waals surface area contributed by atoms with Crippen LogP contribution in [0.25, 0.3) is 22.4 Å². The molecule has 1 fully saturated rings. The number of aryl methyl sites for hydroxylation is 2. The fourth-order valence-electron chi connectivity index (χ4n) is 5.47. The van der Waals surface area contributed by atoms with E-state index >= 15 is 0 Å². The molecule has 5 rings (SSSR count). The molecule has 0 atom stereocenters. The van der Waals surface area contributed by atoms with Gasteiger partial charge in [0.1, 0.15) is 12.3 Å². The number of ether oxygens (including phenoxy) is 1. The van der Waals surface area contributed by atoms with E-state index in [1.807, 2.05) is 0 Å². The zero-order valence-electron chi connectivity index (χ0n) is 19.3. The van der Waals surface area contributed by atoms with Gasteiger partial charge in [0.15, 0.2) is 0 Å². The first-order valence-corrected chi connectivity index (χ1v) is 12.1. The number of hydrogen-bond donors (Lipinski definition) is 1. The number of fused-ring (bicyclic) bond motifs is 3. The third kappa shape index (κ3) is 4.74. The maximum atomic E-state index is 10.7. The van der Waals surface area contributed by atoms with E-state index < -0.39 is 5.97 Å². The predicted molar refractivity (Wildman–Crippen MR) is 129 cm³/mol. The summed E-state index contributed by atoms with van der Waals surface area (Å²) in [5, 5.41) is 14.0. The number of carbonyl (C=O) groups is 1. The molecule has 172 valence electrons. The predicted octanol–water partition coefficient (Wildman–Crippen LogP) is 5.53. The van der Waals surface area contributed by atoms with Crippen molar-refractivity contribution >= 4 is 5.97 Å². The van der Waals surface area contributed by atoms with Crippen molar-refractivity contribution in [3.8, 4) is 22.4 Å². The van der Waals surface area contributed by atoms with Crippen LogP contribution in [-0.4, -0.2) is 34.1 Å². The van der Waals surface area contributed by atoms with Crippen molar-refractivity contribution in [3.63, 3.8) is 0 Å². The van der Waals surface area contributed by atoms with Gasteiger partial charge >= 0.3 is 5.97 Å². The van der Waals surface area contributed by atoms with Gasteiger partial charge in [0.2, 0.25) is 0 Å². The Kier molecular flexibility index (Phi) is 6.32. The molecule has 0 spiro atoms. The molecule has 3 aromatic rings. The smallest absolute Gasteiger partial charge is 0.329 e. The molecule has 0 unspecified atom stereocenters. The van der Waals surface area contributed by atoms with Gasteiger partial charge < -0.3 is 9.84 Å². The Morgan fingerprint density at radius 2 is 1.76 bits per heavy atom. The second-order valence-electron chi connectivity index (χ2n) is 9.67. The maximum Gasteiger partial charge on any atom is 0.329 e. The number of carboxylic acid groups (broad SMARTS) is 1. The first-order valence-electron chi connectivity index (χ1n) is 12.1. The molecular weight excluding hydrogens is 412 g/mol. The topological polar surface area (TPSA) is 64.4 Å². The highest BCUT2D eigenvalue weighted by Gasteiger charge is 2.28. The molecule has 1 aromatic heterocycles. The Balaban J connectivity index is 1.37. The van der Waals surface area contributed by atoms with E-state index in [1.54, 1.807) is 0 Å². The highest BCUT2D eigenvalue weighted by Crippen LogP contribution is 2.41. The Bertz CT molecular complexity index is 1120. The fourth-order valence-corrected chi connectivity index (χ4v) is 5.47. The van der Waals surface area contributed by atoms with E-state index in [9.17, 15) is 4.79 Å². The lowest BCUT2D eigenvalue weighted by Gasteiger charge is -2.29. The zero-order valence-corrected chi connectivity index (χ0v) is 19.3. The van der Waals surface area contributed by atoms with Gasteiger partial charge in [0, 0.05) is 23.4 Å². The number of nitrogens with zero attached hydrogens (tertiary/aromatic N) is 2. The second-order valence-corrected chi connectivity index (χ2v) is 9.67. The molecule has 0 aliphatic heterocycles. The number of benzene rings is 2. The van der Waals surface area contributed by atoms with Crippen LogP contribution in [0.5, 0.6) is 0 Å². The van der Waals surface area contributed by atoms with Crippen molar-refractivity contribution in [1.29, 1.82) is 0 Å². The summed E-state index contributed by atoms with van der Waals surface area (Å²) in [4.78, 5) is 10.7. The van der Waals surface area contributed by atoms with Crippen LogP contribution in [0.15, 0.2) is 48.5 Å². The van der Waals surface area contributed by atoms with Gasteiger partial charge in [-0.25, -0.2) is 4.79 Å². The molecule has 33 heavy (non-hydrogen) atoms. The number of aromatic nitrogens is 2. The minimum atomic E-state index is -0.891. The minimum Gasteiger partial charge on any atom is -0.480 e. The molecule has 1 N–H and O–H groups in total. The third-order valence-corrected chi connectivity index (χ3v) is 7.28. The lowest BCUT2D eigenvalue weighted by molar-refractivity contribution is -0.142. The van der Waals surface area contributed by atoms with Gasteiger partial charge in [-0.15, -0.1) is 0 Å². The Labute approximate surface area is 195 Å². The van der Waals surface area contributed by atoms with Crippen LogP contribution in [-0.2, 0) is 28.9 Å². The molecule has 2 aliphatic carbocycles. The molecule has 0 amide bonds. The van der Waals surface area contributed by atoms with E-state index in [0.29, 0.717) is 18.4 Å². The maximum absolute atomic E-state index is 10.7. The summed E-state index contributed by atoms with van der Waals surface area (Å²) in [5.41, 5.74) is 8.99. The zero-order chi connectivity index (χ0) is 22.8. The monoisotopic (exact) mass is 444 g/mol. The van der Waals surface area contributed by atoms with Crippen LogP contribution < -0.4 is 0 Å². The summed E-state index contributed by atoms with van der Waals surface area (Å²) in [6.07, 6.45) is 6.58. The quantitative estimate of drug-likeness (QED) is 0.520. The molecule has 1 saturated carbocycles. The van der Waals surface area contributed by atoms with Crippen LogP contribution in [0.1, 0.15) is 42.5 Å². The number of carboxylic acids is 1. The lowest BCUT2D eigenvalue weighted by atomic mass is 9.82. The summed E-state index contributed by atoms with van der Waals surface area (Å²) in [6, 6.07) is 17.5. The van der Waals surface area contributed by atoms with Gasteiger partial charge in [-0.05, 0) is 68.4 Å². The van der Waals surface area contributed by atoms with Crippen LogP contribution in [0.4, 0.5) is 0 Å². The minimum absolute atomic E-state index is 0.192. The van der Waals surface area contributed by atoms with Crippen molar-refractivity contribution in [1.82, 2.24) is 9.78 Å². The molecule has 0 bridgehead atoms. The summed E-state index contributed by atoms with van der Waals surface area (Å²) in [5.74, 6) is 0.188. The number of rotatable bonds is 7. The summed E-state index contributed by atoms with van der Waals surface area (Å²) in [7, 11) is 0. The molecule has 5 nitrogen and oxygen atoms in total. The van der Waals surface area contributed by atoms with Crippen molar-refractivity contribution in [2.24, 2.45) is 11.8 Å². The van der Waals surface area contributed by atoms with E-state index in [-0.39, 0.29) is 6.61 Å². The first kappa shape index (κ1) is 21.9. The van der Waals surface area contributed by atoms with E-state index in [2.05, 4.69) is 60.1 Å². The summed E-state index contributed by atoms with van der Waals surface area (Å²) in [6.45, 7) is 3.45. The Morgan fingerprint density at radius 3 is 2.52 bits per heavy atom. The Hall–Kier alpha value is -2.92. The van der Waals surface area contributed by atoms with E-state index in [1.165, 1.54) is 33.5 Å². The van der Waals surface area contributed by atoms with Gasteiger partial charge in [-0.2, -0.15) is 5.10 Å². The molecule has 0 saturated heterocycles. The normalized spacial score (nSPS) is 19.7. The van der Waals surface area contributed by atoms with Crippen molar-refractivity contribution in [2.75, 3.05) is 13.2 Å². The highest BCUT2D eigenvalue weighted by molar-refractivity contribution is 5.85. The molecular formula is C28H32N2O3. The van der Waals surface area contributed by atoms with Gasteiger partial charge in [-0.1, -0.05) is 54.1 Å². The fraction of sp³-hybridized carbons (Fsp3) is 0.429. The van der Waals surface area contributed by atoms with Gasteiger partial charge in [0.05, 0.1) is 6.61 Å². The van der Waals surface area contributed by atoms with E-state index in [4.69, 9.17) is 14.9 Å². The third-order valence-electron chi connectivity index (χ3n) is 7.28. The average Bonchev–Trinajstić information content (AvgIpc) is 3.19. The summed E-state index contributed by atoms with van der Waals surface area (Å²) < 4.78 is 7.64. The van der Waals surface area contributed by atoms with Crippen LogP contribution in [0.2, 0.25) is 0 Å². The number of aliphatic carboxylic acids is 1. The Morgan fingerprint density at radius 1 is 1.03 bits per heavy atom. The van der Waals surface area contributed by atoms with E-state index in [0.717, 1.165) is 50.8 Å². The highest BCUT2D eigenvalue weighted by atomic mass is 16.5. The SMILES string of the molecule is Cc1ccc(-c2nn(C[C@H]3CC[C@H](COCC(=O)O)CC3)c3c2-c2ccccc2CC3)cc1. The molecule has 5 heteroatoms. The lowest BCUT2D eigenvalue weighted by Crippen LogP contribution is -2.24. The van der Waals surface area contributed by atoms with Gasteiger partial charge in [-0.3, -0.25) is 4.68 Å². The van der Waals surface area contributed by atoms with Crippen molar-refractivity contribution in [3.05, 3.63) is 65.4 Å². The second kappa shape index (κ2) is 9.52.